The fourth-order valence-corrected chi connectivity index (χ4v) is 6.85. The van der Waals surface area contributed by atoms with Crippen LogP contribution in [0.3, 0.4) is 0 Å². The van der Waals surface area contributed by atoms with Crippen molar-refractivity contribution >= 4 is 40.8 Å². The van der Waals surface area contributed by atoms with Gasteiger partial charge in [-0.15, -0.1) is 0 Å². The number of nitrogens with zero attached hydrogens (tertiary/aromatic N) is 2. The van der Waals surface area contributed by atoms with Crippen molar-refractivity contribution in [3.8, 4) is 5.75 Å². The summed E-state index contributed by atoms with van der Waals surface area (Å²) in [6.45, 7) is -0.688. The molecule has 1 N–H and O–H groups in total. The lowest BCUT2D eigenvalue weighted by molar-refractivity contribution is -0.383. The van der Waals surface area contributed by atoms with Crippen molar-refractivity contribution in [1.82, 2.24) is 0 Å². The Morgan fingerprint density at radius 1 is 0.976 bits per heavy atom. The first kappa shape index (κ1) is 27.1. The van der Waals surface area contributed by atoms with Crippen LogP contribution in [0.25, 0.3) is 0 Å². The number of rotatable bonds is 8. The van der Waals surface area contributed by atoms with Gasteiger partial charge in [-0.1, -0.05) is 30.3 Å². The lowest BCUT2D eigenvalue weighted by Gasteiger charge is -2.28. The van der Waals surface area contributed by atoms with E-state index in [0.717, 1.165) is 12.8 Å². The number of nitro groups is 1. The predicted octanol–water partition coefficient (Wildman–Crippen LogP) is 4.33. The van der Waals surface area contributed by atoms with E-state index < -0.39 is 23.4 Å². The number of nitrogens with one attached hydrogen (secondary N) is 1. The number of benzene rings is 3. The van der Waals surface area contributed by atoms with Crippen LogP contribution in [0.4, 0.5) is 17.1 Å². The van der Waals surface area contributed by atoms with Crippen molar-refractivity contribution in [3.05, 3.63) is 94.0 Å². The third kappa shape index (κ3) is 4.66. The first-order valence-corrected chi connectivity index (χ1v) is 13.6. The number of imide groups is 1. The molecule has 11 heteroatoms. The second kappa shape index (κ2) is 10.7. The van der Waals surface area contributed by atoms with Gasteiger partial charge in [0.05, 0.1) is 35.1 Å². The highest BCUT2D eigenvalue weighted by Crippen LogP contribution is 2.61. The molecule has 0 spiro atoms. The van der Waals surface area contributed by atoms with Gasteiger partial charge in [-0.25, -0.2) is 4.79 Å². The lowest BCUT2D eigenvalue weighted by atomic mass is 9.73. The second-order valence-electron chi connectivity index (χ2n) is 10.8. The molecular formula is C31H27N3O8. The number of carbonyl (C=O) groups is 4. The Morgan fingerprint density at radius 3 is 2.38 bits per heavy atom. The summed E-state index contributed by atoms with van der Waals surface area (Å²) >= 11 is 0. The molecule has 3 aromatic rings. The van der Waals surface area contributed by atoms with Crippen molar-refractivity contribution in [2.24, 2.45) is 23.7 Å². The van der Waals surface area contributed by atoms with Crippen LogP contribution in [0.1, 0.15) is 34.7 Å². The van der Waals surface area contributed by atoms with Crippen molar-refractivity contribution in [2.45, 2.75) is 18.8 Å². The fourth-order valence-electron chi connectivity index (χ4n) is 6.85. The van der Waals surface area contributed by atoms with Crippen LogP contribution in [0.5, 0.6) is 5.75 Å². The highest BCUT2D eigenvalue weighted by Gasteiger charge is 2.64. The summed E-state index contributed by atoms with van der Waals surface area (Å²) in [4.78, 5) is 63.7. The topological polar surface area (TPSA) is 145 Å². The molecule has 3 aromatic carbocycles. The molecule has 1 saturated heterocycles. The van der Waals surface area contributed by atoms with Gasteiger partial charge in [-0.2, -0.15) is 0 Å². The van der Waals surface area contributed by atoms with Crippen molar-refractivity contribution < 1.29 is 33.6 Å². The summed E-state index contributed by atoms with van der Waals surface area (Å²) in [7, 11) is 1.38. The van der Waals surface area contributed by atoms with Gasteiger partial charge in [0.15, 0.2) is 6.61 Å². The minimum Gasteiger partial charge on any atom is -0.497 e. The van der Waals surface area contributed by atoms with Gasteiger partial charge >= 0.3 is 5.97 Å². The predicted molar refractivity (Wildman–Crippen MR) is 150 cm³/mol. The number of esters is 1. The van der Waals surface area contributed by atoms with E-state index in [1.807, 2.05) is 18.2 Å². The van der Waals surface area contributed by atoms with Gasteiger partial charge in [0.1, 0.15) is 11.4 Å². The molecule has 5 atom stereocenters. The molecule has 2 bridgehead atoms. The van der Waals surface area contributed by atoms with E-state index in [2.05, 4.69) is 17.4 Å². The standard InChI is InChI=1S/C31H27N3O8/c1-41-21-11-12-25(34(39)40)24(15-21)32-26(35)16-42-31(38)18-7-9-20(10-8-18)33-29(36)27-19-13-22(17-5-3-2-4-6-17)23(14-19)28(27)30(33)37/h2-12,15,19,22-23,27-28H,13-14,16H2,1H3,(H,32,35)/t19-,22-,23+,27+,28-/m0/s1. The molecule has 0 radical (unpaired) electrons. The van der Waals surface area contributed by atoms with Crippen LogP contribution in [-0.2, 0) is 19.1 Å². The minimum absolute atomic E-state index is 0.0991. The zero-order chi connectivity index (χ0) is 29.5. The maximum absolute atomic E-state index is 13.5. The van der Waals surface area contributed by atoms with Crippen molar-refractivity contribution in [2.75, 3.05) is 23.9 Å². The third-order valence-corrected chi connectivity index (χ3v) is 8.61. The van der Waals surface area contributed by atoms with Gasteiger partial charge in [-0.05, 0) is 66.5 Å². The van der Waals surface area contributed by atoms with Crippen LogP contribution < -0.4 is 15.0 Å². The van der Waals surface area contributed by atoms with E-state index in [-0.39, 0.29) is 58.3 Å². The SMILES string of the molecule is COc1ccc([N+](=O)[O-])c(NC(=O)COC(=O)c2ccc(N3C(=O)[C@@H]4[C@@H]5C[C@@H]([C@@H]4C3=O)[C@H](c3ccccc3)C5)cc2)c1. The minimum atomic E-state index is -0.809. The van der Waals surface area contributed by atoms with Gasteiger partial charge in [0, 0.05) is 12.1 Å². The Hall–Kier alpha value is -5.06. The van der Waals surface area contributed by atoms with Crippen LogP contribution >= 0.6 is 0 Å². The number of nitro benzene ring substituents is 1. The van der Waals surface area contributed by atoms with Crippen molar-refractivity contribution in [3.63, 3.8) is 0 Å². The number of hydrogen-bond donors (Lipinski definition) is 1. The molecule has 2 saturated carbocycles. The molecule has 42 heavy (non-hydrogen) atoms. The number of hydrogen-bond acceptors (Lipinski definition) is 8. The Bertz CT molecular complexity index is 1590. The van der Waals surface area contributed by atoms with E-state index in [1.165, 1.54) is 60.0 Å². The van der Waals surface area contributed by atoms with Crippen LogP contribution in [-0.4, -0.2) is 42.3 Å². The Morgan fingerprint density at radius 2 is 1.69 bits per heavy atom. The van der Waals surface area contributed by atoms with E-state index in [1.54, 1.807) is 0 Å². The summed E-state index contributed by atoms with van der Waals surface area (Å²) in [5, 5.41) is 13.6. The fraction of sp³-hybridized carbons (Fsp3) is 0.290. The molecule has 3 fully saturated rings. The molecular weight excluding hydrogens is 542 g/mol. The van der Waals surface area contributed by atoms with Gasteiger partial charge in [-0.3, -0.25) is 29.4 Å². The Kier molecular flexibility index (Phi) is 6.93. The summed E-state index contributed by atoms with van der Waals surface area (Å²) in [6, 6.07) is 19.9. The van der Waals surface area contributed by atoms with Crippen LogP contribution in [0.2, 0.25) is 0 Å². The monoisotopic (exact) mass is 569 g/mol. The number of anilines is 2. The summed E-state index contributed by atoms with van der Waals surface area (Å²) < 4.78 is 10.1. The first-order valence-electron chi connectivity index (χ1n) is 13.6. The van der Waals surface area contributed by atoms with Crippen LogP contribution in [0.15, 0.2) is 72.8 Å². The second-order valence-corrected chi connectivity index (χ2v) is 10.8. The summed E-state index contributed by atoms with van der Waals surface area (Å²) in [6.07, 6.45) is 1.77. The maximum atomic E-state index is 13.5. The van der Waals surface area contributed by atoms with E-state index >= 15 is 0 Å². The number of carbonyl (C=O) groups excluding carboxylic acids is 4. The van der Waals surface area contributed by atoms with E-state index in [9.17, 15) is 29.3 Å². The normalized spacial score (nSPS) is 23.9. The van der Waals surface area contributed by atoms with Gasteiger partial charge < -0.3 is 14.8 Å². The molecule has 0 aromatic heterocycles. The number of amides is 3. The number of ether oxygens (including phenoxy) is 2. The molecule has 0 unspecified atom stereocenters. The zero-order valence-corrected chi connectivity index (χ0v) is 22.6. The van der Waals surface area contributed by atoms with Gasteiger partial charge in [0.25, 0.3) is 11.6 Å². The van der Waals surface area contributed by atoms with E-state index in [0.29, 0.717) is 11.4 Å². The van der Waals surface area contributed by atoms with Gasteiger partial charge in [0.2, 0.25) is 11.8 Å². The summed E-state index contributed by atoms with van der Waals surface area (Å²) in [5.41, 5.74) is 1.26. The zero-order valence-electron chi connectivity index (χ0n) is 22.6. The number of methoxy groups -OCH3 is 1. The van der Waals surface area contributed by atoms with E-state index in [4.69, 9.17) is 9.47 Å². The average molecular weight is 570 g/mol. The van der Waals surface area contributed by atoms with Crippen molar-refractivity contribution in [1.29, 1.82) is 0 Å². The third-order valence-electron chi connectivity index (χ3n) is 8.61. The number of fused-ring (bicyclic) bond motifs is 5. The average Bonchev–Trinajstić information content (AvgIpc) is 3.67. The maximum Gasteiger partial charge on any atom is 0.338 e. The first-order chi connectivity index (χ1) is 20.3. The molecule has 1 heterocycles. The quantitative estimate of drug-likeness (QED) is 0.183. The largest absolute Gasteiger partial charge is 0.497 e. The lowest BCUT2D eigenvalue weighted by Crippen LogP contribution is -2.33. The smallest absolute Gasteiger partial charge is 0.338 e. The molecule has 6 rings (SSSR count). The molecule has 2 aliphatic carbocycles. The Labute approximate surface area is 240 Å². The molecule has 214 valence electrons. The van der Waals surface area contributed by atoms with Crippen LogP contribution in [0, 0.1) is 33.8 Å². The molecule has 1 aliphatic heterocycles. The summed E-state index contributed by atoms with van der Waals surface area (Å²) in [5.74, 6) is -1.77. The highest BCUT2D eigenvalue weighted by molar-refractivity contribution is 6.22. The highest BCUT2D eigenvalue weighted by atomic mass is 16.6. The molecule has 3 aliphatic rings. The molecule has 11 nitrogen and oxygen atoms in total. The molecule has 3 amide bonds. The Balaban J connectivity index is 1.09.